The Morgan fingerprint density at radius 2 is 1.34 bits per heavy atom. The molecule has 3 aromatic carbocycles. The second-order valence-corrected chi connectivity index (χ2v) is 8.24. The minimum atomic E-state index is -1.09. The Balaban J connectivity index is 1.40. The van der Waals surface area contributed by atoms with E-state index in [0.29, 0.717) is 19.3 Å². The fraction of sp³-hybridized carbons (Fsp3) is 0.160. The lowest BCUT2D eigenvalue weighted by Crippen LogP contribution is -2.15. The average molecular weight is 449 g/mol. The van der Waals surface area contributed by atoms with Crippen molar-refractivity contribution < 1.29 is 19.5 Å². The van der Waals surface area contributed by atoms with Gasteiger partial charge in [-0.1, -0.05) is 48.2 Å². The molecule has 32 heavy (non-hydrogen) atoms. The monoisotopic (exact) mass is 448 g/mol. The van der Waals surface area contributed by atoms with Gasteiger partial charge >= 0.3 is 5.97 Å². The lowest BCUT2D eigenvalue weighted by molar-refractivity contribution is -0.118. The van der Waals surface area contributed by atoms with Crippen LogP contribution in [0.15, 0.2) is 88.7 Å². The van der Waals surface area contributed by atoms with Crippen LogP contribution in [0.2, 0.25) is 0 Å². The molecule has 0 aliphatic heterocycles. The Morgan fingerprint density at radius 1 is 0.719 bits per heavy atom. The molecule has 0 fully saturated rings. The molecular formula is C25H24N2O4S. The summed E-state index contributed by atoms with van der Waals surface area (Å²) in [4.78, 5) is 37.7. The van der Waals surface area contributed by atoms with E-state index in [9.17, 15) is 14.4 Å². The zero-order valence-electron chi connectivity index (χ0n) is 17.4. The third-order valence-electron chi connectivity index (χ3n) is 4.59. The highest BCUT2D eigenvalue weighted by molar-refractivity contribution is 7.99. The van der Waals surface area contributed by atoms with Crippen LogP contribution in [0, 0.1) is 0 Å². The van der Waals surface area contributed by atoms with Crippen LogP contribution in [0.5, 0.6) is 0 Å². The number of hydrogen-bond acceptors (Lipinski definition) is 4. The van der Waals surface area contributed by atoms with Crippen LogP contribution in [0.3, 0.4) is 0 Å². The van der Waals surface area contributed by atoms with Crippen LogP contribution >= 0.6 is 11.8 Å². The van der Waals surface area contributed by atoms with Gasteiger partial charge < -0.3 is 15.7 Å². The van der Waals surface area contributed by atoms with E-state index in [-0.39, 0.29) is 29.5 Å². The first-order valence-electron chi connectivity index (χ1n) is 10.3. The molecule has 3 N–H and O–H groups in total. The van der Waals surface area contributed by atoms with E-state index < -0.39 is 5.97 Å². The summed E-state index contributed by atoms with van der Waals surface area (Å²) in [7, 11) is 0. The molecule has 0 atom stereocenters. The van der Waals surface area contributed by atoms with E-state index in [1.807, 2.05) is 54.6 Å². The Morgan fingerprint density at radius 3 is 2.06 bits per heavy atom. The SMILES string of the molecule is O=C(CCCCC(=O)Nc1ccccc1C(=O)O)Nc1cccc(Sc2ccccc2)c1. The standard InChI is InChI=1S/C25H24N2O4S/c28-23(26-18-9-8-12-20(17-18)32-19-10-2-1-3-11-19)15-6-7-16-24(29)27-22-14-5-4-13-21(22)25(30)31/h1-5,8-14,17H,6-7,15-16H2,(H,26,28)(H,27,29)(H,30,31). The number of rotatable bonds is 10. The Labute approximate surface area is 191 Å². The summed E-state index contributed by atoms with van der Waals surface area (Å²) in [5.41, 5.74) is 1.06. The number of amides is 2. The summed E-state index contributed by atoms with van der Waals surface area (Å²) in [5, 5.41) is 14.7. The van der Waals surface area contributed by atoms with Crippen molar-refractivity contribution in [3.05, 3.63) is 84.4 Å². The molecular weight excluding hydrogens is 424 g/mol. The predicted octanol–water partition coefficient (Wildman–Crippen LogP) is 5.67. The zero-order chi connectivity index (χ0) is 22.8. The normalized spacial score (nSPS) is 10.4. The van der Waals surface area contributed by atoms with Gasteiger partial charge in [-0.2, -0.15) is 0 Å². The molecule has 2 amide bonds. The molecule has 3 aromatic rings. The Bertz CT molecular complexity index is 1090. The van der Waals surface area contributed by atoms with E-state index in [0.717, 1.165) is 15.5 Å². The van der Waals surface area contributed by atoms with Gasteiger partial charge in [-0.25, -0.2) is 4.79 Å². The highest BCUT2D eigenvalue weighted by Crippen LogP contribution is 2.29. The number of carbonyl (C=O) groups excluding carboxylic acids is 2. The number of unbranched alkanes of at least 4 members (excludes halogenated alkanes) is 1. The van der Waals surface area contributed by atoms with Crippen LogP contribution < -0.4 is 10.6 Å². The van der Waals surface area contributed by atoms with Gasteiger partial charge in [0.1, 0.15) is 0 Å². The number of hydrogen-bond donors (Lipinski definition) is 3. The highest BCUT2D eigenvalue weighted by Gasteiger charge is 2.12. The van der Waals surface area contributed by atoms with E-state index in [2.05, 4.69) is 10.6 Å². The summed E-state index contributed by atoms with van der Waals surface area (Å²) in [6.07, 6.45) is 1.59. The van der Waals surface area contributed by atoms with Crippen molar-refractivity contribution in [3.63, 3.8) is 0 Å². The van der Waals surface area contributed by atoms with Crippen LogP contribution in [0.1, 0.15) is 36.0 Å². The quantitative estimate of drug-likeness (QED) is 0.347. The number of carboxylic acid groups (broad SMARTS) is 1. The smallest absolute Gasteiger partial charge is 0.337 e. The fourth-order valence-corrected chi connectivity index (χ4v) is 3.95. The van der Waals surface area contributed by atoms with E-state index in [1.54, 1.807) is 30.0 Å². The molecule has 7 heteroatoms. The van der Waals surface area contributed by atoms with Crippen molar-refractivity contribution in [2.75, 3.05) is 10.6 Å². The molecule has 3 rings (SSSR count). The van der Waals surface area contributed by atoms with Gasteiger partial charge in [0.2, 0.25) is 11.8 Å². The van der Waals surface area contributed by atoms with Gasteiger partial charge in [0.25, 0.3) is 0 Å². The zero-order valence-corrected chi connectivity index (χ0v) is 18.2. The summed E-state index contributed by atoms with van der Waals surface area (Å²) in [6.45, 7) is 0. The molecule has 0 spiro atoms. The molecule has 6 nitrogen and oxygen atoms in total. The number of para-hydroxylation sites is 1. The second kappa shape index (κ2) is 11.7. The van der Waals surface area contributed by atoms with Crippen molar-refractivity contribution in [2.24, 2.45) is 0 Å². The minimum Gasteiger partial charge on any atom is -0.478 e. The molecule has 0 aromatic heterocycles. The number of anilines is 2. The maximum absolute atomic E-state index is 12.3. The van der Waals surface area contributed by atoms with E-state index in [1.165, 1.54) is 6.07 Å². The van der Waals surface area contributed by atoms with Crippen molar-refractivity contribution in [3.8, 4) is 0 Å². The number of nitrogens with one attached hydrogen (secondary N) is 2. The first-order chi connectivity index (χ1) is 15.5. The van der Waals surface area contributed by atoms with Gasteiger partial charge in [-0.3, -0.25) is 9.59 Å². The summed E-state index contributed by atoms with van der Waals surface area (Å²) >= 11 is 1.62. The maximum Gasteiger partial charge on any atom is 0.337 e. The van der Waals surface area contributed by atoms with Crippen molar-refractivity contribution >= 4 is 40.9 Å². The van der Waals surface area contributed by atoms with Crippen LogP contribution in [0.4, 0.5) is 11.4 Å². The van der Waals surface area contributed by atoms with Gasteiger partial charge in [0.05, 0.1) is 11.3 Å². The fourth-order valence-electron chi connectivity index (χ4n) is 3.05. The van der Waals surface area contributed by atoms with Gasteiger partial charge in [0, 0.05) is 28.3 Å². The number of aromatic carboxylic acids is 1. The number of carboxylic acids is 1. The van der Waals surface area contributed by atoms with Gasteiger partial charge in [-0.15, -0.1) is 0 Å². The van der Waals surface area contributed by atoms with Crippen LogP contribution in [0.25, 0.3) is 0 Å². The Hall–Kier alpha value is -3.58. The van der Waals surface area contributed by atoms with Crippen molar-refractivity contribution in [1.82, 2.24) is 0 Å². The molecule has 0 radical (unpaired) electrons. The van der Waals surface area contributed by atoms with Crippen LogP contribution in [-0.4, -0.2) is 22.9 Å². The van der Waals surface area contributed by atoms with Gasteiger partial charge in [0.15, 0.2) is 0 Å². The molecule has 0 aliphatic rings. The molecule has 0 heterocycles. The Kier molecular flexibility index (Phi) is 8.45. The largest absolute Gasteiger partial charge is 0.478 e. The third-order valence-corrected chi connectivity index (χ3v) is 5.58. The van der Waals surface area contributed by atoms with Crippen molar-refractivity contribution in [2.45, 2.75) is 35.5 Å². The van der Waals surface area contributed by atoms with Crippen molar-refractivity contribution in [1.29, 1.82) is 0 Å². The predicted molar refractivity (Wildman–Crippen MR) is 126 cm³/mol. The first-order valence-corrected chi connectivity index (χ1v) is 11.1. The van der Waals surface area contributed by atoms with Gasteiger partial charge in [-0.05, 0) is 55.3 Å². The summed E-state index contributed by atoms with van der Waals surface area (Å²) in [5.74, 6) is -1.47. The first kappa shape index (κ1) is 23.1. The molecule has 0 aliphatic carbocycles. The average Bonchev–Trinajstić information content (AvgIpc) is 2.78. The lowest BCUT2D eigenvalue weighted by atomic mass is 10.1. The summed E-state index contributed by atoms with van der Waals surface area (Å²) in [6, 6.07) is 24.0. The van der Waals surface area contributed by atoms with E-state index >= 15 is 0 Å². The number of carbonyl (C=O) groups is 3. The molecule has 0 bridgehead atoms. The van der Waals surface area contributed by atoms with E-state index in [4.69, 9.17) is 5.11 Å². The molecule has 0 saturated carbocycles. The molecule has 0 unspecified atom stereocenters. The lowest BCUT2D eigenvalue weighted by Gasteiger charge is -2.09. The molecule has 0 saturated heterocycles. The number of benzene rings is 3. The second-order valence-electron chi connectivity index (χ2n) is 7.10. The minimum absolute atomic E-state index is 0.0490. The third kappa shape index (κ3) is 7.28. The maximum atomic E-state index is 12.3. The summed E-state index contributed by atoms with van der Waals surface area (Å²) < 4.78 is 0. The molecule has 164 valence electrons. The topological polar surface area (TPSA) is 95.5 Å². The van der Waals surface area contributed by atoms with Crippen LogP contribution in [-0.2, 0) is 9.59 Å². The highest BCUT2D eigenvalue weighted by atomic mass is 32.2.